The summed E-state index contributed by atoms with van der Waals surface area (Å²) in [6.07, 6.45) is 5.66. The molecule has 1 fully saturated rings. The van der Waals surface area contributed by atoms with Crippen LogP contribution in [0.4, 0.5) is 0 Å². The van der Waals surface area contributed by atoms with Crippen molar-refractivity contribution >= 4 is 0 Å². The molecule has 0 aliphatic carbocycles. The van der Waals surface area contributed by atoms with Gasteiger partial charge in [0, 0.05) is 18.8 Å². The van der Waals surface area contributed by atoms with E-state index in [1.807, 2.05) is 12.1 Å². The minimum atomic E-state index is 0.524. The van der Waals surface area contributed by atoms with Gasteiger partial charge < -0.3 is 15.4 Å². The maximum absolute atomic E-state index is 5.81. The van der Waals surface area contributed by atoms with Crippen LogP contribution in [0.5, 0.6) is 0 Å². The van der Waals surface area contributed by atoms with Gasteiger partial charge in [0.15, 0.2) is 0 Å². The van der Waals surface area contributed by atoms with Gasteiger partial charge in [0.05, 0.1) is 18.9 Å². The molecular weight excluding hydrogens is 226 g/mol. The van der Waals surface area contributed by atoms with Crippen molar-refractivity contribution in [3.05, 3.63) is 29.6 Å². The second-order valence-electron chi connectivity index (χ2n) is 4.96. The van der Waals surface area contributed by atoms with E-state index in [0.717, 1.165) is 17.9 Å². The second-order valence-corrected chi connectivity index (χ2v) is 4.96. The number of ether oxygens (including phenoxy) is 1. The van der Waals surface area contributed by atoms with Crippen LogP contribution >= 0.6 is 0 Å². The smallest absolute Gasteiger partial charge is 0.0891 e. The van der Waals surface area contributed by atoms with Crippen molar-refractivity contribution in [2.75, 3.05) is 20.2 Å². The molecule has 0 radical (unpaired) electrons. The van der Waals surface area contributed by atoms with E-state index in [1.54, 1.807) is 6.20 Å². The Balaban J connectivity index is 1.80. The van der Waals surface area contributed by atoms with Crippen LogP contribution in [0, 0.1) is 0 Å². The van der Waals surface area contributed by atoms with Crippen molar-refractivity contribution in [2.45, 2.75) is 38.5 Å². The highest BCUT2D eigenvalue weighted by Gasteiger charge is 2.18. The first-order valence-electron chi connectivity index (χ1n) is 6.72. The van der Waals surface area contributed by atoms with E-state index < -0.39 is 0 Å². The first kappa shape index (κ1) is 13.5. The van der Waals surface area contributed by atoms with Gasteiger partial charge in [0.25, 0.3) is 0 Å². The van der Waals surface area contributed by atoms with E-state index in [0.29, 0.717) is 19.2 Å². The quantitative estimate of drug-likeness (QED) is 0.860. The molecular formula is C14H23N3O. The number of likely N-dealkylation sites (tertiary alicyclic amines) is 1. The number of nitrogens with zero attached hydrogens (tertiary/aromatic N) is 2. The van der Waals surface area contributed by atoms with Gasteiger partial charge in [-0.1, -0.05) is 12.5 Å². The Hall–Kier alpha value is -0.970. The molecule has 0 spiro atoms. The zero-order valence-corrected chi connectivity index (χ0v) is 11.1. The minimum absolute atomic E-state index is 0.524. The number of hydrogen-bond acceptors (Lipinski definition) is 4. The van der Waals surface area contributed by atoms with Gasteiger partial charge in [0.2, 0.25) is 0 Å². The van der Waals surface area contributed by atoms with Crippen LogP contribution in [-0.2, 0) is 17.9 Å². The summed E-state index contributed by atoms with van der Waals surface area (Å²) >= 11 is 0. The Morgan fingerprint density at radius 2 is 2.39 bits per heavy atom. The predicted molar refractivity (Wildman–Crippen MR) is 72.1 cm³/mol. The molecule has 100 valence electrons. The third-order valence-electron chi connectivity index (χ3n) is 3.67. The standard InChI is InChI=1S/C14H23N3O/c1-17-8-3-2-6-13(17)10-18-11-14-12(9-15)5-4-7-16-14/h4-5,7,13H,2-3,6,8-11,15H2,1H3. The summed E-state index contributed by atoms with van der Waals surface area (Å²) in [7, 11) is 2.18. The normalized spacial score (nSPS) is 21.1. The van der Waals surface area contributed by atoms with E-state index in [2.05, 4.69) is 16.9 Å². The minimum Gasteiger partial charge on any atom is -0.374 e. The van der Waals surface area contributed by atoms with Crippen molar-refractivity contribution in [2.24, 2.45) is 5.73 Å². The zero-order valence-electron chi connectivity index (χ0n) is 11.1. The van der Waals surface area contributed by atoms with E-state index in [-0.39, 0.29) is 0 Å². The topological polar surface area (TPSA) is 51.4 Å². The summed E-state index contributed by atoms with van der Waals surface area (Å²) in [6.45, 7) is 3.07. The highest BCUT2D eigenvalue weighted by Crippen LogP contribution is 2.15. The summed E-state index contributed by atoms with van der Waals surface area (Å²) in [5, 5.41) is 0. The molecule has 1 aromatic rings. The Labute approximate surface area is 109 Å². The third-order valence-corrected chi connectivity index (χ3v) is 3.67. The highest BCUT2D eigenvalue weighted by molar-refractivity contribution is 5.18. The van der Waals surface area contributed by atoms with Crippen LogP contribution in [0.15, 0.2) is 18.3 Å². The van der Waals surface area contributed by atoms with Gasteiger partial charge in [-0.3, -0.25) is 4.98 Å². The maximum atomic E-state index is 5.81. The van der Waals surface area contributed by atoms with Crippen molar-refractivity contribution in [1.82, 2.24) is 9.88 Å². The number of rotatable bonds is 5. The first-order chi connectivity index (χ1) is 8.81. The molecule has 1 aliphatic rings. The first-order valence-corrected chi connectivity index (χ1v) is 6.72. The number of pyridine rings is 1. The van der Waals surface area contributed by atoms with E-state index >= 15 is 0 Å². The average molecular weight is 249 g/mol. The van der Waals surface area contributed by atoms with Gasteiger partial charge in [0.1, 0.15) is 0 Å². The Kier molecular flexibility index (Phi) is 5.11. The molecule has 1 atom stereocenters. The lowest BCUT2D eigenvalue weighted by molar-refractivity contribution is 0.0428. The Morgan fingerprint density at radius 1 is 1.50 bits per heavy atom. The molecule has 2 rings (SSSR count). The highest BCUT2D eigenvalue weighted by atomic mass is 16.5. The van der Waals surface area contributed by atoms with Gasteiger partial charge >= 0.3 is 0 Å². The molecule has 4 heteroatoms. The second kappa shape index (κ2) is 6.83. The molecule has 1 aromatic heterocycles. The lowest BCUT2D eigenvalue weighted by Crippen LogP contribution is -2.39. The number of aromatic nitrogens is 1. The number of hydrogen-bond donors (Lipinski definition) is 1. The van der Waals surface area contributed by atoms with Crippen LogP contribution in [0.1, 0.15) is 30.5 Å². The van der Waals surface area contributed by atoms with Crippen molar-refractivity contribution in [3.63, 3.8) is 0 Å². The molecule has 2 heterocycles. The fraction of sp³-hybridized carbons (Fsp3) is 0.643. The van der Waals surface area contributed by atoms with Crippen LogP contribution in [0.25, 0.3) is 0 Å². The van der Waals surface area contributed by atoms with Gasteiger partial charge in [-0.25, -0.2) is 0 Å². The Bertz CT molecular complexity index is 370. The maximum Gasteiger partial charge on any atom is 0.0891 e. The van der Waals surface area contributed by atoms with Crippen molar-refractivity contribution < 1.29 is 4.74 Å². The van der Waals surface area contributed by atoms with Crippen LogP contribution in [-0.4, -0.2) is 36.1 Å². The van der Waals surface area contributed by atoms with E-state index in [1.165, 1.54) is 25.8 Å². The van der Waals surface area contributed by atoms with Gasteiger partial charge in [-0.05, 0) is 38.1 Å². The SMILES string of the molecule is CN1CCCCC1COCc1ncccc1CN. The fourth-order valence-electron chi connectivity index (χ4n) is 2.43. The lowest BCUT2D eigenvalue weighted by Gasteiger charge is -2.32. The summed E-state index contributed by atoms with van der Waals surface area (Å²) in [5.41, 5.74) is 7.73. The lowest BCUT2D eigenvalue weighted by atomic mass is 10.0. The van der Waals surface area contributed by atoms with E-state index in [4.69, 9.17) is 10.5 Å². The van der Waals surface area contributed by atoms with Gasteiger partial charge in [-0.2, -0.15) is 0 Å². The van der Waals surface area contributed by atoms with Crippen molar-refractivity contribution in [1.29, 1.82) is 0 Å². The predicted octanol–water partition coefficient (Wildman–Crippen LogP) is 1.54. The zero-order chi connectivity index (χ0) is 12.8. The average Bonchev–Trinajstić information content (AvgIpc) is 2.41. The molecule has 1 saturated heterocycles. The van der Waals surface area contributed by atoms with Gasteiger partial charge in [-0.15, -0.1) is 0 Å². The summed E-state index contributed by atoms with van der Waals surface area (Å²) < 4.78 is 5.81. The molecule has 0 saturated carbocycles. The molecule has 2 N–H and O–H groups in total. The van der Waals surface area contributed by atoms with Crippen LogP contribution < -0.4 is 5.73 Å². The molecule has 0 amide bonds. The molecule has 1 aliphatic heterocycles. The molecule has 18 heavy (non-hydrogen) atoms. The summed E-state index contributed by atoms with van der Waals surface area (Å²) in [4.78, 5) is 6.73. The third kappa shape index (κ3) is 3.51. The Morgan fingerprint density at radius 3 is 3.17 bits per heavy atom. The molecule has 1 unspecified atom stereocenters. The summed E-state index contributed by atoms with van der Waals surface area (Å²) in [6, 6.07) is 4.49. The fourth-order valence-corrected chi connectivity index (χ4v) is 2.43. The largest absolute Gasteiger partial charge is 0.374 e. The molecule has 0 aromatic carbocycles. The number of piperidine rings is 1. The van der Waals surface area contributed by atoms with Crippen molar-refractivity contribution in [3.8, 4) is 0 Å². The number of likely N-dealkylation sites (N-methyl/N-ethyl adjacent to an activating group) is 1. The van der Waals surface area contributed by atoms with E-state index in [9.17, 15) is 0 Å². The molecule has 0 bridgehead atoms. The van der Waals surface area contributed by atoms with Crippen LogP contribution in [0.2, 0.25) is 0 Å². The summed E-state index contributed by atoms with van der Waals surface area (Å²) in [5.74, 6) is 0. The van der Waals surface area contributed by atoms with Crippen LogP contribution in [0.3, 0.4) is 0 Å². The number of nitrogens with two attached hydrogens (primary N) is 1. The monoisotopic (exact) mass is 249 g/mol. The molecule has 4 nitrogen and oxygen atoms in total.